The predicted molar refractivity (Wildman–Crippen MR) is 108 cm³/mol. The largest absolute Gasteiger partial charge is 0.349 e. The van der Waals surface area contributed by atoms with Crippen molar-refractivity contribution in [3.8, 4) is 0 Å². The minimum absolute atomic E-state index is 0.0945. The van der Waals surface area contributed by atoms with Crippen LogP contribution in [0.3, 0.4) is 0 Å². The van der Waals surface area contributed by atoms with Gasteiger partial charge in [-0.05, 0) is 48.6 Å². The van der Waals surface area contributed by atoms with E-state index in [2.05, 4.69) is 38.7 Å². The lowest BCUT2D eigenvalue weighted by Crippen LogP contribution is -2.44. The van der Waals surface area contributed by atoms with Crippen molar-refractivity contribution in [3.05, 3.63) is 58.4 Å². The molecule has 0 atom stereocenters. The fourth-order valence-corrected chi connectivity index (χ4v) is 3.90. The summed E-state index contributed by atoms with van der Waals surface area (Å²) >= 11 is 5.77. The second-order valence-electron chi connectivity index (χ2n) is 7.43. The van der Waals surface area contributed by atoms with Crippen LogP contribution < -0.4 is 10.6 Å². The highest BCUT2D eigenvalue weighted by molar-refractivity contribution is 6.29. The van der Waals surface area contributed by atoms with Gasteiger partial charge in [0.05, 0.1) is 5.56 Å². The van der Waals surface area contributed by atoms with Gasteiger partial charge in [-0.3, -0.25) is 14.5 Å². The first-order valence-electron chi connectivity index (χ1n) is 9.63. The zero-order valence-corrected chi connectivity index (χ0v) is 16.3. The van der Waals surface area contributed by atoms with E-state index >= 15 is 0 Å². The van der Waals surface area contributed by atoms with Crippen LogP contribution in [0.4, 0.5) is 5.69 Å². The number of hydrogen-bond acceptors (Lipinski definition) is 4. The molecule has 146 valence electrons. The molecule has 4 rings (SSSR count). The summed E-state index contributed by atoms with van der Waals surface area (Å²) in [7, 11) is 0. The molecule has 0 aliphatic carbocycles. The standard InChI is InChI=1S/C21H23ClN4O2/c22-19-5-3-16(12-23-19)21(28)24-17-7-9-26(10-8-17)13-14-1-2-15-4-6-20(27)25-18(15)11-14/h1-3,5,11-12,17H,4,6-10,13H2,(H,24,28)(H,25,27). The monoisotopic (exact) mass is 398 g/mol. The molecule has 2 amide bonds. The van der Waals surface area contributed by atoms with Crippen molar-refractivity contribution >= 4 is 29.1 Å². The summed E-state index contributed by atoms with van der Waals surface area (Å²) in [5.74, 6) is -0.00913. The van der Waals surface area contributed by atoms with E-state index in [-0.39, 0.29) is 17.9 Å². The quantitative estimate of drug-likeness (QED) is 0.776. The number of fused-ring (bicyclic) bond motifs is 1. The summed E-state index contributed by atoms with van der Waals surface area (Å²) in [6.45, 7) is 2.70. The van der Waals surface area contributed by atoms with Gasteiger partial charge in [0.2, 0.25) is 5.91 Å². The first-order valence-corrected chi connectivity index (χ1v) is 10.0. The zero-order chi connectivity index (χ0) is 19.5. The maximum atomic E-state index is 12.3. The molecule has 2 aromatic rings. The Bertz CT molecular complexity index is 876. The number of aromatic nitrogens is 1. The summed E-state index contributed by atoms with van der Waals surface area (Å²) in [6, 6.07) is 9.85. The highest BCUT2D eigenvalue weighted by atomic mass is 35.5. The van der Waals surface area contributed by atoms with Gasteiger partial charge < -0.3 is 10.6 Å². The van der Waals surface area contributed by atoms with E-state index in [1.807, 2.05) is 0 Å². The smallest absolute Gasteiger partial charge is 0.253 e. The van der Waals surface area contributed by atoms with Crippen LogP contribution in [-0.4, -0.2) is 40.8 Å². The topological polar surface area (TPSA) is 74.3 Å². The van der Waals surface area contributed by atoms with Crippen molar-refractivity contribution in [2.45, 2.75) is 38.3 Å². The first kappa shape index (κ1) is 18.9. The molecule has 2 N–H and O–H groups in total. The molecular weight excluding hydrogens is 376 g/mol. The van der Waals surface area contributed by atoms with Crippen LogP contribution in [0.25, 0.3) is 0 Å². The molecule has 1 saturated heterocycles. The number of aryl methyl sites for hydroxylation is 1. The predicted octanol–water partition coefficient (Wildman–Crippen LogP) is 3.01. The number of halogens is 1. The summed E-state index contributed by atoms with van der Waals surface area (Å²) in [5.41, 5.74) is 3.90. The number of carbonyl (C=O) groups is 2. The summed E-state index contributed by atoms with van der Waals surface area (Å²) < 4.78 is 0. The Hall–Kier alpha value is -2.44. The van der Waals surface area contributed by atoms with Gasteiger partial charge in [-0.15, -0.1) is 0 Å². The van der Waals surface area contributed by atoms with Crippen molar-refractivity contribution in [1.82, 2.24) is 15.2 Å². The number of amides is 2. The number of rotatable bonds is 4. The molecule has 0 unspecified atom stereocenters. The number of nitrogens with one attached hydrogen (secondary N) is 2. The summed E-state index contributed by atoms with van der Waals surface area (Å²) in [4.78, 5) is 30.3. The molecule has 1 fully saturated rings. The molecular formula is C21H23ClN4O2. The second kappa shape index (κ2) is 8.29. The third-order valence-corrected chi connectivity index (χ3v) is 5.61. The summed E-state index contributed by atoms with van der Waals surface area (Å²) in [5, 5.41) is 6.44. The van der Waals surface area contributed by atoms with Gasteiger partial charge in [0.1, 0.15) is 5.15 Å². The van der Waals surface area contributed by atoms with E-state index in [1.165, 1.54) is 17.3 Å². The van der Waals surface area contributed by atoms with Crippen molar-refractivity contribution in [2.24, 2.45) is 0 Å². The third-order valence-electron chi connectivity index (χ3n) is 5.39. The number of benzene rings is 1. The van der Waals surface area contributed by atoms with E-state index < -0.39 is 0 Å². The van der Waals surface area contributed by atoms with Crippen molar-refractivity contribution < 1.29 is 9.59 Å². The lowest BCUT2D eigenvalue weighted by molar-refractivity contribution is -0.116. The Morgan fingerprint density at radius 2 is 2.04 bits per heavy atom. The lowest BCUT2D eigenvalue weighted by Gasteiger charge is -2.32. The molecule has 6 nitrogen and oxygen atoms in total. The van der Waals surface area contributed by atoms with E-state index in [9.17, 15) is 9.59 Å². The van der Waals surface area contributed by atoms with Crippen molar-refractivity contribution in [2.75, 3.05) is 18.4 Å². The van der Waals surface area contributed by atoms with Crippen LogP contribution in [0.2, 0.25) is 5.15 Å². The normalized spacial score (nSPS) is 17.7. The maximum Gasteiger partial charge on any atom is 0.253 e. The highest BCUT2D eigenvalue weighted by Gasteiger charge is 2.22. The number of piperidine rings is 1. The van der Waals surface area contributed by atoms with Gasteiger partial charge in [0.25, 0.3) is 5.91 Å². The average molecular weight is 399 g/mol. The zero-order valence-electron chi connectivity index (χ0n) is 15.6. The Morgan fingerprint density at radius 3 is 2.79 bits per heavy atom. The Balaban J connectivity index is 1.28. The van der Waals surface area contributed by atoms with Crippen LogP contribution >= 0.6 is 11.6 Å². The number of likely N-dealkylation sites (tertiary alicyclic amines) is 1. The SMILES string of the molecule is O=C1CCc2ccc(CN3CCC(NC(=O)c4ccc(Cl)nc4)CC3)cc2N1. The number of pyridine rings is 1. The molecule has 7 heteroatoms. The molecule has 2 aliphatic heterocycles. The van der Waals surface area contributed by atoms with Gasteiger partial charge in [-0.25, -0.2) is 4.98 Å². The van der Waals surface area contributed by atoms with E-state index in [1.54, 1.807) is 12.1 Å². The molecule has 1 aromatic heterocycles. The van der Waals surface area contributed by atoms with E-state index in [0.29, 0.717) is 17.1 Å². The Labute approximate surface area is 169 Å². The minimum Gasteiger partial charge on any atom is -0.349 e. The Morgan fingerprint density at radius 1 is 1.21 bits per heavy atom. The van der Waals surface area contributed by atoms with E-state index in [0.717, 1.165) is 44.6 Å². The maximum absolute atomic E-state index is 12.3. The van der Waals surface area contributed by atoms with Crippen LogP contribution in [0.1, 0.15) is 40.7 Å². The molecule has 28 heavy (non-hydrogen) atoms. The van der Waals surface area contributed by atoms with E-state index in [4.69, 9.17) is 11.6 Å². The van der Waals surface area contributed by atoms with Gasteiger partial charge in [-0.2, -0.15) is 0 Å². The van der Waals surface area contributed by atoms with Gasteiger partial charge in [0.15, 0.2) is 0 Å². The first-order chi connectivity index (χ1) is 13.6. The van der Waals surface area contributed by atoms with Gasteiger partial charge >= 0.3 is 0 Å². The number of nitrogens with zero attached hydrogens (tertiary/aromatic N) is 2. The third kappa shape index (κ3) is 4.51. The van der Waals surface area contributed by atoms with Gasteiger partial charge in [0, 0.05) is 44.0 Å². The van der Waals surface area contributed by atoms with Crippen molar-refractivity contribution in [1.29, 1.82) is 0 Å². The molecule has 2 aliphatic rings. The van der Waals surface area contributed by atoms with Crippen LogP contribution in [-0.2, 0) is 17.8 Å². The Kier molecular flexibility index (Phi) is 5.59. The fourth-order valence-electron chi connectivity index (χ4n) is 3.79. The van der Waals surface area contributed by atoms with Gasteiger partial charge in [-0.1, -0.05) is 23.7 Å². The average Bonchev–Trinajstić information content (AvgIpc) is 2.69. The highest BCUT2D eigenvalue weighted by Crippen LogP contribution is 2.25. The lowest BCUT2D eigenvalue weighted by atomic mass is 9.99. The second-order valence-corrected chi connectivity index (χ2v) is 7.82. The molecule has 0 spiro atoms. The molecule has 0 saturated carbocycles. The number of anilines is 1. The number of carbonyl (C=O) groups excluding carboxylic acids is 2. The fraction of sp³-hybridized carbons (Fsp3) is 0.381. The molecule has 0 radical (unpaired) electrons. The van der Waals surface area contributed by atoms with Crippen LogP contribution in [0.5, 0.6) is 0 Å². The minimum atomic E-state index is -0.104. The van der Waals surface area contributed by atoms with Crippen molar-refractivity contribution in [3.63, 3.8) is 0 Å². The van der Waals surface area contributed by atoms with Crippen LogP contribution in [0.15, 0.2) is 36.5 Å². The van der Waals surface area contributed by atoms with Crippen LogP contribution in [0, 0.1) is 0 Å². The molecule has 3 heterocycles. The molecule has 0 bridgehead atoms. The molecule has 1 aromatic carbocycles. The summed E-state index contributed by atoms with van der Waals surface area (Å²) in [6.07, 6.45) is 4.71. The number of hydrogen-bond donors (Lipinski definition) is 2.